The molecule has 0 heterocycles. The Morgan fingerprint density at radius 1 is 1.28 bits per heavy atom. The topological polar surface area (TPSA) is 38.0 Å². The van der Waals surface area contributed by atoms with Crippen LogP contribution in [0.3, 0.4) is 0 Å². The van der Waals surface area contributed by atoms with Crippen molar-refractivity contribution in [2.45, 2.75) is 45.1 Å². The SMILES string of the molecule is CC1(C)CCCCC1(CN)Nc1cccc(Br)c1. The maximum absolute atomic E-state index is 6.13. The third-order valence-corrected chi connectivity index (χ3v) is 5.00. The van der Waals surface area contributed by atoms with Crippen molar-refractivity contribution in [2.75, 3.05) is 11.9 Å². The quantitative estimate of drug-likeness (QED) is 0.879. The van der Waals surface area contributed by atoms with Gasteiger partial charge in [-0.2, -0.15) is 0 Å². The molecule has 1 fully saturated rings. The van der Waals surface area contributed by atoms with Crippen molar-refractivity contribution >= 4 is 21.6 Å². The summed E-state index contributed by atoms with van der Waals surface area (Å²) in [6, 6.07) is 8.35. The zero-order valence-electron chi connectivity index (χ0n) is 11.3. The van der Waals surface area contributed by atoms with E-state index in [4.69, 9.17) is 5.73 Å². The number of nitrogens with two attached hydrogens (primary N) is 1. The number of halogens is 1. The average molecular weight is 311 g/mol. The second-order valence-corrected chi connectivity index (χ2v) is 6.93. The summed E-state index contributed by atoms with van der Waals surface area (Å²) < 4.78 is 1.10. The molecule has 1 saturated carbocycles. The Morgan fingerprint density at radius 3 is 2.61 bits per heavy atom. The summed E-state index contributed by atoms with van der Waals surface area (Å²) in [5, 5.41) is 3.72. The first-order valence-electron chi connectivity index (χ1n) is 6.73. The van der Waals surface area contributed by atoms with Crippen molar-refractivity contribution in [3.8, 4) is 0 Å². The monoisotopic (exact) mass is 310 g/mol. The number of benzene rings is 1. The van der Waals surface area contributed by atoms with Crippen LogP contribution in [0.25, 0.3) is 0 Å². The molecule has 2 rings (SSSR count). The summed E-state index contributed by atoms with van der Waals surface area (Å²) in [7, 11) is 0. The van der Waals surface area contributed by atoms with Gasteiger partial charge in [0.15, 0.2) is 0 Å². The fourth-order valence-electron chi connectivity index (χ4n) is 3.07. The molecule has 1 aromatic rings. The van der Waals surface area contributed by atoms with Crippen LogP contribution in [-0.2, 0) is 0 Å². The van der Waals surface area contributed by atoms with Crippen molar-refractivity contribution in [3.63, 3.8) is 0 Å². The molecule has 1 aliphatic carbocycles. The highest BCUT2D eigenvalue weighted by atomic mass is 79.9. The Morgan fingerprint density at radius 2 is 2.00 bits per heavy atom. The molecular formula is C15H23BrN2. The van der Waals surface area contributed by atoms with Gasteiger partial charge >= 0.3 is 0 Å². The lowest BCUT2D eigenvalue weighted by Gasteiger charge is -2.51. The molecule has 1 atom stereocenters. The summed E-state index contributed by atoms with van der Waals surface area (Å²) in [5.74, 6) is 0. The minimum absolute atomic E-state index is 0.0199. The van der Waals surface area contributed by atoms with Gasteiger partial charge in [-0.3, -0.25) is 0 Å². The number of hydrogen-bond donors (Lipinski definition) is 2. The van der Waals surface area contributed by atoms with E-state index in [1.165, 1.54) is 19.3 Å². The third kappa shape index (κ3) is 2.57. The van der Waals surface area contributed by atoms with E-state index in [9.17, 15) is 0 Å². The second kappa shape index (κ2) is 5.22. The summed E-state index contributed by atoms with van der Waals surface area (Å²) in [5.41, 5.74) is 7.54. The fraction of sp³-hybridized carbons (Fsp3) is 0.600. The lowest BCUT2D eigenvalue weighted by Crippen LogP contribution is -2.58. The van der Waals surface area contributed by atoms with E-state index in [2.05, 4.69) is 53.3 Å². The van der Waals surface area contributed by atoms with E-state index in [1.807, 2.05) is 6.07 Å². The molecule has 2 nitrogen and oxygen atoms in total. The Kier molecular flexibility index (Phi) is 4.02. The maximum Gasteiger partial charge on any atom is 0.0546 e. The van der Waals surface area contributed by atoms with Crippen molar-refractivity contribution in [1.29, 1.82) is 0 Å². The molecule has 0 bridgehead atoms. The molecule has 100 valence electrons. The lowest BCUT2D eigenvalue weighted by molar-refractivity contribution is 0.125. The van der Waals surface area contributed by atoms with Gasteiger partial charge in [-0.05, 0) is 36.5 Å². The van der Waals surface area contributed by atoms with Crippen LogP contribution in [0.5, 0.6) is 0 Å². The molecule has 0 amide bonds. The highest BCUT2D eigenvalue weighted by molar-refractivity contribution is 9.10. The van der Waals surface area contributed by atoms with Crippen LogP contribution in [0.2, 0.25) is 0 Å². The van der Waals surface area contributed by atoms with Crippen LogP contribution in [0, 0.1) is 5.41 Å². The standard InChI is InChI=1S/C15H23BrN2/c1-14(2)8-3-4-9-15(14,11-17)18-13-7-5-6-12(16)10-13/h5-7,10,18H,3-4,8-9,11,17H2,1-2H3. The second-order valence-electron chi connectivity index (χ2n) is 6.01. The summed E-state index contributed by atoms with van der Waals surface area (Å²) in [6.45, 7) is 5.36. The van der Waals surface area contributed by atoms with Crippen LogP contribution >= 0.6 is 15.9 Å². The predicted octanol–water partition coefficient (Wildman–Crippen LogP) is 4.16. The summed E-state index contributed by atoms with van der Waals surface area (Å²) in [6.07, 6.45) is 4.98. The van der Waals surface area contributed by atoms with Gasteiger partial charge in [0.2, 0.25) is 0 Å². The minimum atomic E-state index is 0.0199. The molecule has 18 heavy (non-hydrogen) atoms. The smallest absolute Gasteiger partial charge is 0.0546 e. The van der Waals surface area contributed by atoms with Gasteiger partial charge in [-0.1, -0.05) is 48.7 Å². The summed E-state index contributed by atoms with van der Waals surface area (Å²) in [4.78, 5) is 0. The minimum Gasteiger partial charge on any atom is -0.378 e. The van der Waals surface area contributed by atoms with Crippen LogP contribution in [0.1, 0.15) is 39.5 Å². The van der Waals surface area contributed by atoms with Crippen LogP contribution in [0.4, 0.5) is 5.69 Å². The van der Waals surface area contributed by atoms with E-state index in [0.717, 1.165) is 16.6 Å². The van der Waals surface area contributed by atoms with Crippen molar-refractivity contribution in [3.05, 3.63) is 28.7 Å². The first kappa shape index (κ1) is 13.9. The highest BCUT2D eigenvalue weighted by Crippen LogP contribution is 2.45. The van der Waals surface area contributed by atoms with Gasteiger partial charge in [-0.15, -0.1) is 0 Å². The fourth-order valence-corrected chi connectivity index (χ4v) is 3.47. The van der Waals surface area contributed by atoms with Gasteiger partial charge in [0, 0.05) is 16.7 Å². The van der Waals surface area contributed by atoms with Crippen LogP contribution < -0.4 is 11.1 Å². The van der Waals surface area contributed by atoms with E-state index < -0.39 is 0 Å². The van der Waals surface area contributed by atoms with Gasteiger partial charge in [0.1, 0.15) is 0 Å². The first-order valence-corrected chi connectivity index (χ1v) is 7.52. The van der Waals surface area contributed by atoms with Gasteiger partial charge < -0.3 is 11.1 Å². The molecule has 0 spiro atoms. The van der Waals surface area contributed by atoms with Gasteiger partial charge in [-0.25, -0.2) is 0 Å². The van der Waals surface area contributed by atoms with E-state index >= 15 is 0 Å². The average Bonchev–Trinajstić information content (AvgIpc) is 2.32. The van der Waals surface area contributed by atoms with Crippen LogP contribution in [0.15, 0.2) is 28.7 Å². The molecule has 0 aromatic heterocycles. The molecule has 3 N–H and O–H groups in total. The summed E-state index contributed by atoms with van der Waals surface area (Å²) >= 11 is 3.52. The third-order valence-electron chi connectivity index (χ3n) is 4.51. The van der Waals surface area contributed by atoms with E-state index in [-0.39, 0.29) is 11.0 Å². The number of rotatable bonds is 3. The molecule has 1 aliphatic rings. The number of nitrogens with one attached hydrogen (secondary N) is 1. The highest BCUT2D eigenvalue weighted by Gasteiger charge is 2.45. The molecule has 0 saturated heterocycles. The number of hydrogen-bond acceptors (Lipinski definition) is 2. The number of anilines is 1. The van der Waals surface area contributed by atoms with E-state index in [1.54, 1.807) is 0 Å². The van der Waals surface area contributed by atoms with Crippen molar-refractivity contribution in [1.82, 2.24) is 0 Å². The molecular weight excluding hydrogens is 288 g/mol. The first-order chi connectivity index (χ1) is 8.49. The maximum atomic E-state index is 6.13. The Bertz CT molecular complexity index is 417. The molecule has 0 aliphatic heterocycles. The molecule has 0 radical (unpaired) electrons. The lowest BCUT2D eigenvalue weighted by atomic mass is 9.63. The van der Waals surface area contributed by atoms with Crippen LogP contribution in [-0.4, -0.2) is 12.1 Å². The van der Waals surface area contributed by atoms with E-state index in [0.29, 0.717) is 6.54 Å². The predicted molar refractivity (Wildman–Crippen MR) is 81.8 cm³/mol. The molecule has 1 unspecified atom stereocenters. The zero-order chi connectivity index (χ0) is 13.2. The Labute approximate surface area is 118 Å². The van der Waals surface area contributed by atoms with Crippen molar-refractivity contribution in [2.24, 2.45) is 11.1 Å². The largest absolute Gasteiger partial charge is 0.378 e. The molecule has 1 aromatic carbocycles. The van der Waals surface area contributed by atoms with Gasteiger partial charge in [0.25, 0.3) is 0 Å². The van der Waals surface area contributed by atoms with Gasteiger partial charge in [0.05, 0.1) is 5.54 Å². The zero-order valence-corrected chi connectivity index (χ0v) is 12.9. The normalized spacial score (nSPS) is 26.9. The Hall–Kier alpha value is -0.540. The molecule has 3 heteroatoms. The van der Waals surface area contributed by atoms with Crippen molar-refractivity contribution < 1.29 is 0 Å². The Balaban J connectivity index is 2.27.